The number of rotatable bonds is 2. The van der Waals surface area contributed by atoms with Gasteiger partial charge in [0.25, 0.3) is 0 Å². The molecule has 1 aromatic heterocycles. The first-order valence-electron chi connectivity index (χ1n) is 4.71. The molecule has 0 unspecified atom stereocenters. The molecule has 0 bridgehead atoms. The Balaban J connectivity index is 2.42. The largest absolute Gasteiger partial charge is 0.398 e. The molecule has 84 valence electrons. The summed E-state index contributed by atoms with van der Waals surface area (Å²) >= 11 is 0. The van der Waals surface area contributed by atoms with Gasteiger partial charge in [-0.25, -0.2) is 13.9 Å². The minimum atomic E-state index is -0.433. The summed E-state index contributed by atoms with van der Waals surface area (Å²) in [6, 6.07) is 4.42. The molecule has 0 amide bonds. The van der Waals surface area contributed by atoms with Crippen LogP contribution in [0.15, 0.2) is 29.3 Å². The van der Waals surface area contributed by atoms with Gasteiger partial charge < -0.3 is 5.73 Å². The molecule has 0 atom stereocenters. The molecule has 2 aromatic rings. The third-order valence-electron chi connectivity index (χ3n) is 2.35. The van der Waals surface area contributed by atoms with E-state index >= 15 is 0 Å². The number of hydrogen-bond donors (Lipinski definition) is 1. The fourth-order valence-electron chi connectivity index (χ4n) is 1.42. The summed E-state index contributed by atoms with van der Waals surface area (Å²) in [6.45, 7) is 0.0399. The quantitative estimate of drug-likeness (QED) is 0.746. The Morgan fingerprint density at radius 1 is 1.50 bits per heavy atom. The Hall–Kier alpha value is -2.11. The maximum Gasteiger partial charge on any atom is 0.345 e. The predicted molar refractivity (Wildman–Crippen MR) is 57.4 cm³/mol. The Labute approximate surface area is 90.9 Å². The van der Waals surface area contributed by atoms with Crippen LogP contribution >= 0.6 is 0 Å². The molecule has 0 aliphatic rings. The maximum absolute atomic E-state index is 13.4. The SMILES string of the molecule is Cn1cnn(Cc2c(N)cccc2F)c1=O. The maximum atomic E-state index is 13.4. The third kappa shape index (κ3) is 1.69. The second-order valence-corrected chi connectivity index (χ2v) is 3.49. The first kappa shape index (κ1) is 10.4. The number of aromatic nitrogens is 3. The molecule has 0 aliphatic heterocycles. The van der Waals surface area contributed by atoms with E-state index in [9.17, 15) is 9.18 Å². The van der Waals surface area contributed by atoms with E-state index in [0.717, 1.165) is 4.68 Å². The zero-order valence-corrected chi connectivity index (χ0v) is 8.72. The molecule has 1 aromatic carbocycles. The van der Waals surface area contributed by atoms with Crippen molar-refractivity contribution in [1.29, 1.82) is 0 Å². The van der Waals surface area contributed by atoms with Gasteiger partial charge in [-0.2, -0.15) is 5.10 Å². The van der Waals surface area contributed by atoms with E-state index in [2.05, 4.69) is 5.10 Å². The Kier molecular flexibility index (Phi) is 2.47. The van der Waals surface area contributed by atoms with E-state index in [-0.39, 0.29) is 17.8 Å². The first-order chi connectivity index (χ1) is 7.59. The van der Waals surface area contributed by atoms with Crippen molar-refractivity contribution in [2.45, 2.75) is 6.54 Å². The fraction of sp³-hybridized carbons (Fsp3) is 0.200. The van der Waals surface area contributed by atoms with Crippen molar-refractivity contribution < 1.29 is 4.39 Å². The van der Waals surface area contributed by atoms with Crippen molar-refractivity contribution in [2.24, 2.45) is 7.05 Å². The average molecular weight is 222 g/mol. The number of anilines is 1. The highest BCUT2D eigenvalue weighted by molar-refractivity contribution is 5.47. The minimum Gasteiger partial charge on any atom is -0.398 e. The van der Waals surface area contributed by atoms with Crippen molar-refractivity contribution in [3.8, 4) is 0 Å². The zero-order valence-electron chi connectivity index (χ0n) is 8.72. The fourth-order valence-corrected chi connectivity index (χ4v) is 1.42. The molecule has 2 rings (SSSR count). The van der Waals surface area contributed by atoms with Crippen LogP contribution in [0.5, 0.6) is 0 Å². The molecule has 0 saturated carbocycles. The molecule has 6 heteroatoms. The average Bonchev–Trinajstić information content (AvgIpc) is 2.55. The number of nitrogens with two attached hydrogens (primary N) is 1. The normalized spacial score (nSPS) is 10.6. The lowest BCUT2D eigenvalue weighted by Gasteiger charge is -2.05. The number of benzene rings is 1. The van der Waals surface area contributed by atoms with E-state index in [1.165, 1.54) is 23.0 Å². The van der Waals surface area contributed by atoms with E-state index in [1.54, 1.807) is 13.1 Å². The molecule has 0 fully saturated rings. The number of nitrogens with zero attached hydrogens (tertiary/aromatic N) is 3. The third-order valence-corrected chi connectivity index (χ3v) is 2.35. The van der Waals surface area contributed by atoms with E-state index in [4.69, 9.17) is 5.73 Å². The molecule has 16 heavy (non-hydrogen) atoms. The first-order valence-corrected chi connectivity index (χ1v) is 4.71. The van der Waals surface area contributed by atoms with Crippen molar-refractivity contribution >= 4 is 5.69 Å². The zero-order chi connectivity index (χ0) is 11.7. The molecular formula is C10H11FN4O. The van der Waals surface area contributed by atoms with Crippen LogP contribution in [0, 0.1) is 5.82 Å². The summed E-state index contributed by atoms with van der Waals surface area (Å²) in [5, 5.41) is 3.84. The summed E-state index contributed by atoms with van der Waals surface area (Å²) in [6.07, 6.45) is 1.37. The van der Waals surface area contributed by atoms with Gasteiger partial charge in [-0.15, -0.1) is 0 Å². The smallest absolute Gasteiger partial charge is 0.345 e. The summed E-state index contributed by atoms with van der Waals surface area (Å²) < 4.78 is 15.9. The molecular weight excluding hydrogens is 211 g/mol. The lowest BCUT2D eigenvalue weighted by atomic mass is 10.1. The summed E-state index contributed by atoms with van der Waals surface area (Å²) in [5.74, 6) is -0.433. The van der Waals surface area contributed by atoms with Crippen LogP contribution in [0.2, 0.25) is 0 Å². The van der Waals surface area contributed by atoms with Crippen LogP contribution in [0.1, 0.15) is 5.56 Å². The van der Waals surface area contributed by atoms with E-state index in [0.29, 0.717) is 5.69 Å². The molecule has 1 heterocycles. The lowest BCUT2D eigenvalue weighted by molar-refractivity contribution is 0.577. The van der Waals surface area contributed by atoms with Gasteiger partial charge in [-0.05, 0) is 12.1 Å². The van der Waals surface area contributed by atoms with Crippen LogP contribution in [0.3, 0.4) is 0 Å². The minimum absolute atomic E-state index is 0.0399. The van der Waals surface area contributed by atoms with Gasteiger partial charge in [0.05, 0.1) is 6.54 Å². The number of aryl methyl sites for hydroxylation is 1. The highest BCUT2D eigenvalue weighted by Crippen LogP contribution is 2.15. The topological polar surface area (TPSA) is 65.8 Å². The van der Waals surface area contributed by atoms with Crippen molar-refractivity contribution in [3.05, 3.63) is 46.4 Å². The lowest BCUT2D eigenvalue weighted by Crippen LogP contribution is -2.24. The van der Waals surface area contributed by atoms with Gasteiger partial charge in [0.2, 0.25) is 0 Å². The van der Waals surface area contributed by atoms with Crippen LogP contribution in [0.25, 0.3) is 0 Å². The van der Waals surface area contributed by atoms with Crippen molar-refractivity contribution in [2.75, 3.05) is 5.73 Å². The summed E-state index contributed by atoms with van der Waals surface area (Å²) in [7, 11) is 1.58. The van der Waals surface area contributed by atoms with E-state index < -0.39 is 5.82 Å². The monoisotopic (exact) mass is 222 g/mol. The molecule has 0 aliphatic carbocycles. The van der Waals surface area contributed by atoms with Crippen LogP contribution < -0.4 is 11.4 Å². The molecule has 2 N–H and O–H groups in total. The van der Waals surface area contributed by atoms with Gasteiger partial charge in [-0.3, -0.25) is 4.57 Å². The van der Waals surface area contributed by atoms with Gasteiger partial charge in [0, 0.05) is 18.3 Å². The van der Waals surface area contributed by atoms with Crippen LogP contribution in [-0.4, -0.2) is 14.3 Å². The van der Waals surface area contributed by atoms with Crippen LogP contribution in [0.4, 0.5) is 10.1 Å². The second-order valence-electron chi connectivity index (χ2n) is 3.49. The van der Waals surface area contributed by atoms with Crippen LogP contribution in [-0.2, 0) is 13.6 Å². The Morgan fingerprint density at radius 3 is 2.81 bits per heavy atom. The number of hydrogen-bond acceptors (Lipinski definition) is 3. The second kappa shape index (κ2) is 3.80. The Morgan fingerprint density at radius 2 is 2.25 bits per heavy atom. The van der Waals surface area contributed by atoms with Gasteiger partial charge in [0.15, 0.2) is 0 Å². The molecule has 0 spiro atoms. The van der Waals surface area contributed by atoms with Crippen molar-refractivity contribution in [3.63, 3.8) is 0 Å². The van der Waals surface area contributed by atoms with Gasteiger partial charge >= 0.3 is 5.69 Å². The molecule has 5 nitrogen and oxygen atoms in total. The number of halogens is 1. The standard InChI is InChI=1S/C10H11FN4O/c1-14-6-13-15(10(14)16)5-7-8(11)3-2-4-9(7)12/h2-4,6H,5,12H2,1H3. The molecule has 0 radical (unpaired) electrons. The Bertz CT molecular complexity index is 552. The van der Waals surface area contributed by atoms with E-state index in [1.807, 2.05) is 0 Å². The summed E-state index contributed by atoms with van der Waals surface area (Å²) in [5.41, 5.74) is 5.93. The molecule has 0 saturated heterocycles. The van der Waals surface area contributed by atoms with Gasteiger partial charge in [-0.1, -0.05) is 6.07 Å². The van der Waals surface area contributed by atoms with Gasteiger partial charge in [0.1, 0.15) is 12.1 Å². The highest BCUT2D eigenvalue weighted by atomic mass is 19.1. The number of nitrogen functional groups attached to an aromatic ring is 1. The summed E-state index contributed by atoms with van der Waals surface area (Å²) in [4.78, 5) is 11.5. The highest BCUT2D eigenvalue weighted by Gasteiger charge is 2.09. The predicted octanol–water partition coefficient (Wildman–Crippen LogP) is 0.351. The van der Waals surface area contributed by atoms with Crippen molar-refractivity contribution in [1.82, 2.24) is 14.3 Å².